The Kier molecular flexibility index (Phi) is 4.27. The van der Waals surface area contributed by atoms with E-state index in [1.54, 1.807) is 0 Å². The summed E-state index contributed by atoms with van der Waals surface area (Å²) >= 11 is 0. The van der Waals surface area contributed by atoms with E-state index >= 15 is 0 Å². The van der Waals surface area contributed by atoms with Gasteiger partial charge >= 0.3 is 0 Å². The van der Waals surface area contributed by atoms with Gasteiger partial charge in [-0.05, 0) is 24.0 Å². The molecule has 2 rings (SSSR count). The van der Waals surface area contributed by atoms with Gasteiger partial charge in [0, 0.05) is 11.4 Å². The van der Waals surface area contributed by atoms with Crippen LogP contribution in [0.4, 0.5) is 5.69 Å². The molecule has 0 saturated carbocycles. The lowest BCUT2D eigenvalue weighted by atomic mass is 10.0. The molecule has 0 amide bonds. The highest BCUT2D eigenvalue weighted by Crippen LogP contribution is 2.38. The zero-order valence-electron chi connectivity index (χ0n) is 10.9. The maximum Gasteiger partial charge on any atom is 0.0671 e. The van der Waals surface area contributed by atoms with Crippen LogP contribution in [0.1, 0.15) is 45.8 Å². The molecule has 2 heteroatoms. The predicted octanol–water partition coefficient (Wildman–Crippen LogP) is 4.76. The van der Waals surface area contributed by atoms with Gasteiger partial charge in [-0.25, -0.2) is 0 Å². The second kappa shape index (κ2) is 5.10. The monoisotopic (exact) mass is 235 g/mol. The van der Waals surface area contributed by atoms with E-state index in [4.69, 9.17) is 0 Å². The SMILES string of the molecule is CC(C)(C)C.CC1=Nc2ccccc2C1P. The first kappa shape index (κ1) is 13.4. The molecule has 0 bridgehead atoms. The number of hydrogen-bond acceptors (Lipinski definition) is 1. The molecule has 0 spiro atoms. The molecule has 0 aliphatic carbocycles. The molecule has 1 aliphatic heterocycles. The number of fused-ring (bicyclic) bond motifs is 1. The summed E-state index contributed by atoms with van der Waals surface area (Å²) in [6.07, 6.45) is 0. The summed E-state index contributed by atoms with van der Waals surface area (Å²) in [5.74, 6) is 0. The van der Waals surface area contributed by atoms with Crippen LogP contribution in [0.5, 0.6) is 0 Å². The van der Waals surface area contributed by atoms with Crippen molar-refractivity contribution in [2.24, 2.45) is 10.4 Å². The second-order valence-electron chi connectivity index (χ2n) is 5.79. The van der Waals surface area contributed by atoms with E-state index in [9.17, 15) is 0 Å². The molecule has 16 heavy (non-hydrogen) atoms. The van der Waals surface area contributed by atoms with Crippen LogP contribution in [0.15, 0.2) is 29.3 Å². The van der Waals surface area contributed by atoms with Gasteiger partial charge in [-0.3, -0.25) is 4.99 Å². The average molecular weight is 235 g/mol. The minimum atomic E-state index is 0.436. The van der Waals surface area contributed by atoms with E-state index in [0.29, 0.717) is 11.1 Å². The van der Waals surface area contributed by atoms with Crippen molar-refractivity contribution in [1.82, 2.24) is 0 Å². The summed E-state index contributed by atoms with van der Waals surface area (Å²) in [7, 11) is 2.81. The zero-order valence-corrected chi connectivity index (χ0v) is 12.1. The van der Waals surface area contributed by atoms with Crippen LogP contribution in [-0.4, -0.2) is 5.71 Å². The number of hydrogen-bond donors (Lipinski definition) is 0. The van der Waals surface area contributed by atoms with Crippen LogP contribution in [0, 0.1) is 5.41 Å². The Morgan fingerprint density at radius 1 is 1.12 bits per heavy atom. The Bertz CT molecular complexity index is 382. The van der Waals surface area contributed by atoms with Crippen molar-refractivity contribution in [3.05, 3.63) is 29.8 Å². The fourth-order valence-electron chi connectivity index (χ4n) is 1.34. The Hall–Kier alpha value is -0.680. The molecule has 1 nitrogen and oxygen atoms in total. The molecule has 1 aliphatic rings. The third kappa shape index (κ3) is 4.06. The largest absolute Gasteiger partial charge is 0.257 e. The van der Waals surface area contributed by atoms with Gasteiger partial charge in [0.05, 0.1) is 5.69 Å². The van der Waals surface area contributed by atoms with E-state index < -0.39 is 0 Å². The summed E-state index contributed by atoms with van der Waals surface area (Å²) in [6.45, 7) is 10.8. The van der Waals surface area contributed by atoms with E-state index in [1.807, 2.05) is 6.07 Å². The van der Waals surface area contributed by atoms with Crippen molar-refractivity contribution in [2.45, 2.75) is 40.3 Å². The van der Waals surface area contributed by atoms with Gasteiger partial charge in [-0.1, -0.05) is 45.9 Å². The number of benzene rings is 1. The molecule has 2 atom stereocenters. The Balaban J connectivity index is 0.000000221. The average Bonchev–Trinajstić information content (AvgIpc) is 2.41. The summed E-state index contributed by atoms with van der Waals surface area (Å²) in [5.41, 5.74) is 4.59. The van der Waals surface area contributed by atoms with E-state index in [-0.39, 0.29) is 0 Å². The number of rotatable bonds is 0. The van der Waals surface area contributed by atoms with Crippen molar-refractivity contribution in [2.75, 3.05) is 0 Å². The Morgan fingerprint density at radius 3 is 2.12 bits per heavy atom. The Labute approximate surface area is 102 Å². The van der Waals surface area contributed by atoms with E-state index in [1.165, 1.54) is 11.3 Å². The fourth-order valence-corrected chi connectivity index (χ4v) is 1.69. The van der Waals surface area contributed by atoms with Crippen molar-refractivity contribution in [1.29, 1.82) is 0 Å². The minimum absolute atomic E-state index is 0.436. The van der Waals surface area contributed by atoms with Crippen LogP contribution in [0.25, 0.3) is 0 Å². The van der Waals surface area contributed by atoms with Crippen molar-refractivity contribution in [3.8, 4) is 0 Å². The second-order valence-corrected chi connectivity index (χ2v) is 6.46. The summed E-state index contributed by atoms with van der Waals surface area (Å²) in [6, 6.07) is 8.28. The highest BCUT2D eigenvalue weighted by molar-refractivity contribution is 7.19. The zero-order chi connectivity index (χ0) is 12.3. The molecule has 0 fully saturated rings. The van der Waals surface area contributed by atoms with Crippen LogP contribution in [0.3, 0.4) is 0 Å². The molecular formula is C14H22NP. The summed E-state index contributed by atoms with van der Waals surface area (Å²) in [4.78, 5) is 4.43. The number of nitrogens with zero attached hydrogens (tertiary/aromatic N) is 1. The summed E-state index contributed by atoms with van der Waals surface area (Å²) in [5, 5.41) is 0. The first-order valence-corrected chi connectivity index (χ1v) is 6.35. The third-order valence-corrected chi connectivity index (χ3v) is 2.86. The molecule has 1 aromatic rings. The topological polar surface area (TPSA) is 12.4 Å². The first-order chi connectivity index (χ1) is 7.29. The lowest BCUT2D eigenvalue weighted by Crippen LogP contribution is -1.93. The van der Waals surface area contributed by atoms with Gasteiger partial charge in [0.25, 0.3) is 0 Å². The normalized spacial score (nSPS) is 18.4. The molecule has 1 heterocycles. The van der Waals surface area contributed by atoms with Crippen LogP contribution in [-0.2, 0) is 0 Å². The quantitative estimate of drug-likeness (QED) is 0.575. The lowest BCUT2D eigenvalue weighted by Gasteiger charge is -2.05. The van der Waals surface area contributed by atoms with Gasteiger partial charge in [-0.2, -0.15) is 0 Å². The maximum absolute atomic E-state index is 4.43. The molecule has 0 aromatic heterocycles. The molecule has 88 valence electrons. The van der Waals surface area contributed by atoms with Crippen molar-refractivity contribution in [3.63, 3.8) is 0 Å². The third-order valence-electron chi connectivity index (χ3n) is 2.02. The molecule has 0 saturated heterocycles. The maximum atomic E-state index is 4.43. The molecular weight excluding hydrogens is 213 g/mol. The van der Waals surface area contributed by atoms with Gasteiger partial charge in [0.15, 0.2) is 0 Å². The highest BCUT2D eigenvalue weighted by Gasteiger charge is 2.18. The molecule has 1 aromatic carbocycles. The van der Waals surface area contributed by atoms with Gasteiger partial charge in [0.2, 0.25) is 0 Å². The van der Waals surface area contributed by atoms with Gasteiger partial charge in [0.1, 0.15) is 0 Å². The lowest BCUT2D eigenvalue weighted by molar-refractivity contribution is 0.469. The van der Waals surface area contributed by atoms with E-state index in [0.717, 1.165) is 5.69 Å². The number of para-hydroxylation sites is 1. The summed E-state index contributed by atoms with van der Waals surface area (Å²) < 4.78 is 0. The molecule has 2 unspecified atom stereocenters. The minimum Gasteiger partial charge on any atom is -0.257 e. The van der Waals surface area contributed by atoms with E-state index in [2.05, 4.69) is 67.0 Å². The molecule has 0 N–H and O–H groups in total. The predicted molar refractivity (Wildman–Crippen MR) is 76.8 cm³/mol. The van der Waals surface area contributed by atoms with Crippen LogP contribution in [0.2, 0.25) is 0 Å². The first-order valence-electron chi connectivity index (χ1n) is 5.69. The van der Waals surface area contributed by atoms with Crippen LogP contribution < -0.4 is 0 Å². The van der Waals surface area contributed by atoms with Gasteiger partial charge < -0.3 is 0 Å². The molecule has 0 radical (unpaired) electrons. The van der Waals surface area contributed by atoms with Crippen molar-refractivity contribution < 1.29 is 0 Å². The highest BCUT2D eigenvalue weighted by atomic mass is 31.0. The Morgan fingerprint density at radius 2 is 1.62 bits per heavy atom. The fraction of sp³-hybridized carbons (Fsp3) is 0.500. The van der Waals surface area contributed by atoms with Crippen LogP contribution >= 0.6 is 9.24 Å². The van der Waals surface area contributed by atoms with Crippen molar-refractivity contribution >= 4 is 20.6 Å². The standard InChI is InChI=1S/C9H10NP.C5H12/c1-6-9(11)7-4-2-3-5-8(7)10-6;1-5(2,3)4/h2-5,9H,11H2,1H3;1-4H3. The van der Waals surface area contributed by atoms with Gasteiger partial charge in [-0.15, -0.1) is 9.24 Å². The number of aliphatic imine (C=N–C) groups is 1. The smallest absolute Gasteiger partial charge is 0.0671 e.